The second-order valence-corrected chi connectivity index (χ2v) is 19.7. The summed E-state index contributed by atoms with van der Waals surface area (Å²) in [5.74, 6) is -3.88. The van der Waals surface area contributed by atoms with E-state index in [9.17, 15) is 33.2 Å². The number of aromatic carboxylic acids is 3. The minimum absolute atomic E-state index is 0.0245. The molecule has 12 aromatic rings. The Morgan fingerprint density at radius 2 is 0.726 bits per heavy atom. The second kappa shape index (κ2) is 29.5. The minimum atomic E-state index is -1.19. The van der Waals surface area contributed by atoms with Crippen LogP contribution in [0.4, 0.5) is 21.5 Å². The Balaban J connectivity index is 0.000000155. The number of ether oxygens (including phenoxy) is 6. The number of aromatic nitrogens is 9. The van der Waals surface area contributed by atoms with Crippen molar-refractivity contribution in [2.75, 3.05) is 37.3 Å². The molecule has 0 saturated carbocycles. The monoisotopic (exact) mass is 1300 g/mol. The van der Waals surface area contributed by atoms with Gasteiger partial charge in [-0.1, -0.05) is 48.0 Å². The number of hydrogen-bond acceptors (Lipinski definition) is 21. The first kappa shape index (κ1) is 64.6. The lowest BCUT2D eigenvalue weighted by molar-refractivity contribution is 0.0680. The molecule has 0 radical (unpaired) electrons. The molecule has 95 heavy (non-hydrogen) atoms. The van der Waals surface area contributed by atoms with Gasteiger partial charge < -0.3 is 59.7 Å². The van der Waals surface area contributed by atoms with Gasteiger partial charge in [-0.3, -0.25) is 14.4 Å². The van der Waals surface area contributed by atoms with Gasteiger partial charge in [-0.15, -0.1) is 0 Å². The molecule has 29 heteroatoms. The summed E-state index contributed by atoms with van der Waals surface area (Å²) in [5.41, 5.74) is 3.17. The number of fused-ring (bicyclic) bond motifs is 3. The Morgan fingerprint density at radius 1 is 0.379 bits per heavy atom. The molecule has 474 valence electrons. The number of para-hydroxylation sites is 6. The highest BCUT2D eigenvalue weighted by Gasteiger charge is 2.24. The molecule has 0 aliphatic carbocycles. The number of carboxylic acid groups (broad SMARTS) is 3. The molecule has 3 amide bonds. The van der Waals surface area contributed by atoms with Crippen LogP contribution in [0.3, 0.4) is 0 Å². The molecule has 0 aliphatic heterocycles. The Morgan fingerprint density at radius 3 is 1.07 bits per heavy atom. The molecule has 12 rings (SSSR count). The van der Waals surface area contributed by atoms with E-state index in [0.29, 0.717) is 56.0 Å². The molecule has 0 spiro atoms. The Kier molecular flexibility index (Phi) is 20.1. The van der Waals surface area contributed by atoms with Gasteiger partial charge in [0, 0.05) is 12.1 Å². The predicted molar refractivity (Wildman–Crippen MR) is 340 cm³/mol. The van der Waals surface area contributed by atoms with Crippen molar-refractivity contribution in [3.05, 3.63) is 233 Å². The Bertz CT molecular complexity index is 4890. The van der Waals surface area contributed by atoms with Crippen LogP contribution in [0.25, 0.3) is 33.1 Å². The highest BCUT2D eigenvalue weighted by Crippen LogP contribution is 2.36. The van der Waals surface area contributed by atoms with E-state index in [4.69, 9.17) is 55.3 Å². The van der Waals surface area contributed by atoms with Crippen molar-refractivity contribution in [1.29, 1.82) is 0 Å². The normalized spacial score (nSPS) is 10.5. The third-order valence-electron chi connectivity index (χ3n) is 12.9. The molecule has 6 N–H and O–H groups in total. The Hall–Kier alpha value is -13.4. The molecule has 0 atom stereocenters. The first-order chi connectivity index (χ1) is 45.9. The van der Waals surface area contributed by atoms with E-state index in [0.717, 1.165) is 6.07 Å². The van der Waals surface area contributed by atoms with E-state index in [1.54, 1.807) is 116 Å². The molecule has 27 nitrogen and oxygen atoms in total. The zero-order valence-electron chi connectivity index (χ0n) is 49.4. The summed E-state index contributed by atoms with van der Waals surface area (Å²) in [6, 6.07) is 44.4. The number of hydrogen-bond donors (Lipinski definition) is 6. The molecule has 6 aromatic carbocycles. The maximum atomic E-state index is 13.5. The maximum absolute atomic E-state index is 13.5. The van der Waals surface area contributed by atoms with Crippen LogP contribution in [0.15, 0.2) is 188 Å². The number of halogens is 2. The van der Waals surface area contributed by atoms with Crippen molar-refractivity contribution in [3.8, 4) is 52.1 Å². The fourth-order valence-electron chi connectivity index (χ4n) is 8.34. The van der Waals surface area contributed by atoms with E-state index < -0.39 is 41.4 Å². The fourth-order valence-corrected chi connectivity index (χ4v) is 8.55. The zero-order valence-corrected chi connectivity index (χ0v) is 50.2. The molecular weight excluding hydrogens is 1260 g/mol. The lowest BCUT2D eigenvalue weighted by atomic mass is 10.2. The first-order valence-corrected chi connectivity index (χ1v) is 28.0. The molecule has 0 saturated heterocycles. The molecule has 0 bridgehead atoms. The molecule has 6 heterocycles. The summed E-state index contributed by atoms with van der Waals surface area (Å²) in [7, 11) is 4.43. The van der Waals surface area contributed by atoms with Gasteiger partial charge in [-0.25, -0.2) is 63.6 Å². The van der Waals surface area contributed by atoms with Gasteiger partial charge in [-0.2, -0.15) is 0 Å². The van der Waals surface area contributed by atoms with Crippen molar-refractivity contribution in [3.63, 3.8) is 0 Å². The summed E-state index contributed by atoms with van der Waals surface area (Å²) >= 11 is 6.27. The van der Waals surface area contributed by atoms with Crippen molar-refractivity contribution < 1.29 is 76.9 Å². The number of carbonyl (C=O) groups excluding carboxylic acids is 3. The number of rotatable bonds is 18. The summed E-state index contributed by atoms with van der Waals surface area (Å²) in [6.07, 6.45) is 3.69. The molecule has 6 aromatic heterocycles. The van der Waals surface area contributed by atoms with Crippen LogP contribution < -0.4 is 44.4 Å². The van der Waals surface area contributed by atoms with Crippen LogP contribution in [0, 0.1) is 5.82 Å². The lowest BCUT2D eigenvalue weighted by Gasteiger charge is -2.13. The van der Waals surface area contributed by atoms with Gasteiger partial charge >= 0.3 is 17.9 Å². The molecular formula is C66H46ClFN12O15. The number of amides is 3. The average Bonchev–Trinajstić information content (AvgIpc) is 0.834. The number of nitrogens with zero attached hydrogens (tertiary/aromatic N) is 9. The average molecular weight is 1300 g/mol. The van der Waals surface area contributed by atoms with E-state index in [2.05, 4.69) is 60.8 Å². The summed E-state index contributed by atoms with van der Waals surface area (Å²) in [4.78, 5) is 109. The Labute approximate surface area is 539 Å². The standard InChI is InChI=1S/C22H15ClN4O5.C22H15FN4O5.C22H16N4O5/c1-31-13-7-9-18(14(23)10-13)32-21-19(26-15-4-2-3-5-16(15)27-21)20(28)25-12-6-8-17(22(29)30)24-11-12;1-31-18-10-12(23)6-9-17(18)32-21-19(26-14-4-2-3-5-15(14)27-21)20(28)25-13-7-8-16(22(29)30)24-11-13;1-30-14-7-9-15(10-8-14)31-21-19(25-16-4-2-3-5-17(16)26-21)20(27)24-13-6-11-18(22(28)29)23-12-13/h2*2-11H,1H3,(H,25,28)(H,29,30);2-12H,1H3,(H,24,27)(H,28,29). The maximum Gasteiger partial charge on any atom is 0.354 e. The van der Waals surface area contributed by atoms with Gasteiger partial charge in [0.05, 0.1) is 95.1 Å². The smallest absolute Gasteiger partial charge is 0.354 e. The molecule has 0 aliphatic rings. The van der Waals surface area contributed by atoms with Crippen LogP contribution in [0.2, 0.25) is 5.02 Å². The summed E-state index contributed by atoms with van der Waals surface area (Å²) in [5, 5.41) is 35.0. The summed E-state index contributed by atoms with van der Waals surface area (Å²) < 4.78 is 46.4. The SMILES string of the molecule is COc1cc(F)ccc1Oc1nc2ccccc2nc1C(=O)Nc1ccc(C(=O)O)nc1.COc1ccc(Oc2nc3ccccc3nc2C(=O)Nc2ccc(C(=O)O)nc2)c(Cl)c1.COc1ccc(Oc2nc3ccccc3nc2C(=O)Nc2ccc(C(=O)O)nc2)cc1. The second-order valence-electron chi connectivity index (χ2n) is 19.2. The van der Waals surface area contributed by atoms with Gasteiger partial charge in [0.25, 0.3) is 35.4 Å². The van der Waals surface area contributed by atoms with Crippen molar-refractivity contribution in [2.45, 2.75) is 0 Å². The van der Waals surface area contributed by atoms with Gasteiger partial charge in [0.1, 0.15) is 45.9 Å². The summed E-state index contributed by atoms with van der Waals surface area (Å²) in [6.45, 7) is 0. The quantitative estimate of drug-likeness (QED) is 0.0465. The van der Waals surface area contributed by atoms with Crippen LogP contribution in [-0.2, 0) is 0 Å². The fraction of sp³-hybridized carbons (Fsp3) is 0.0455. The van der Waals surface area contributed by atoms with E-state index in [1.165, 1.54) is 81.3 Å². The van der Waals surface area contributed by atoms with E-state index in [1.807, 2.05) is 6.07 Å². The van der Waals surface area contributed by atoms with Gasteiger partial charge in [0.15, 0.2) is 28.6 Å². The minimum Gasteiger partial charge on any atom is -0.497 e. The topological polar surface area (TPSA) is 371 Å². The number of carboxylic acids is 3. The highest BCUT2D eigenvalue weighted by atomic mass is 35.5. The van der Waals surface area contributed by atoms with Crippen molar-refractivity contribution >= 4 is 97.4 Å². The molecule has 0 unspecified atom stereocenters. The number of anilines is 3. The number of pyridine rings is 3. The van der Waals surface area contributed by atoms with Gasteiger partial charge in [0.2, 0.25) is 0 Å². The number of methoxy groups -OCH3 is 3. The zero-order chi connectivity index (χ0) is 67.1. The lowest BCUT2D eigenvalue weighted by Crippen LogP contribution is -2.16. The molecule has 0 fully saturated rings. The highest BCUT2D eigenvalue weighted by molar-refractivity contribution is 6.32. The number of carbonyl (C=O) groups is 6. The number of benzene rings is 6. The van der Waals surface area contributed by atoms with E-state index in [-0.39, 0.29) is 85.4 Å². The largest absolute Gasteiger partial charge is 0.497 e. The predicted octanol–water partition coefficient (Wildman–Crippen LogP) is 12.1. The first-order valence-electron chi connectivity index (χ1n) is 27.6. The van der Waals surface area contributed by atoms with Crippen LogP contribution in [-0.4, -0.2) is 117 Å². The van der Waals surface area contributed by atoms with E-state index >= 15 is 0 Å². The van der Waals surface area contributed by atoms with Gasteiger partial charge in [-0.05, 0) is 121 Å². The van der Waals surface area contributed by atoms with Crippen LogP contribution >= 0.6 is 11.6 Å². The third-order valence-corrected chi connectivity index (χ3v) is 13.2. The van der Waals surface area contributed by atoms with Crippen LogP contribution in [0.1, 0.15) is 62.9 Å². The van der Waals surface area contributed by atoms with Crippen LogP contribution in [0.5, 0.6) is 52.1 Å². The van der Waals surface area contributed by atoms with Crippen molar-refractivity contribution in [2.24, 2.45) is 0 Å². The third kappa shape index (κ3) is 16.2. The van der Waals surface area contributed by atoms with Crippen molar-refractivity contribution in [1.82, 2.24) is 44.9 Å². The number of nitrogens with one attached hydrogen (secondary N) is 3.